The van der Waals surface area contributed by atoms with Crippen molar-refractivity contribution in [2.75, 3.05) is 13.1 Å². The minimum Gasteiger partial charge on any atom is -0.508 e. The maximum atomic E-state index is 14.1. The van der Waals surface area contributed by atoms with E-state index in [1.165, 1.54) is 12.1 Å². The third kappa shape index (κ3) is 17.8. The first kappa shape index (κ1) is 48.7. The van der Waals surface area contributed by atoms with Crippen LogP contribution in [0, 0.1) is 17.8 Å². The molecule has 0 saturated carbocycles. The zero-order chi connectivity index (χ0) is 41.7. The van der Waals surface area contributed by atoms with E-state index in [2.05, 4.69) is 26.6 Å². The van der Waals surface area contributed by atoms with Crippen LogP contribution in [0.5, 0.6) is 5.75 Å². The van der Waals surface area contributed by atoms with Crippen LogP contribution in [0.1, 0.15) is 105 Å². The predicted molar refractivity (Wildman–Crippen MR) is 211 cm³/mol. The van der Waals surface area contributed by atoms with Gasteiger partial charge in [0.15, 0.2) is 0 Å². The summed E-state index contributed by atoms with van der Waals surface area (Å²) in [6, 6.07) is -0.459. The Morgan fingerprint density at radius 3 is 1.55 bits per heavy atom. The molecule has 5 amide bonds. The molecule has 0 saturated heterocycles. The summed E-state index contributed by atoms with van der Waals surface area (Å²) in [5.41, 5.74) is 17.8. The topological polar surface area (TPSA) is 281 Å². The summed E-state index contributed by atoms with van der Waals surface area (Å²) < 4.78 is 0. The van der Waals surface area contributed by atoms with Crippen molar-refractivity contribution in [1.29, 1.82) is 0 Å². The van der Waals surface area contributed by atoms with Gasteiger partial charge in [-0.15, -0.1) is 0 Å². The van der Waals surface area contributed by atoms with Gasteiger partial charge in [0.1, 0.15) is 36.0 Å². The Kier molecular flexibility index (Phi) is 22.8. The Morgan fingerprint density at radius 1 is 0.618 bits per heavy atom. The number of hydrogen-bond acceptors (Lipinski definition) is 10. The van der Waals surface area contributed by atoms with Crippen LogP contribution >= 0.6 is 0 Å². The van der Waals surface area contributed by atoms with Crippen LogP contribution in [-0.4, -0.2) is 95.1 Å². The van der Waals surface area contributed by atoms with E-state index in [0.717, 1.165) is 0 Å². The Hall–Kier alpha value is -4.28. The van der Waals surface area contributed by atoms with Crippen LogP contribution in [0.2, 0.25) is 0 Å². The first-order chi connectivity index (χ1) is 26.0. The van der Waals surface area contributed by atoms with Crippen LogP contribution in [0.15, 0.2) is 24.3 Å². The number of benzene rings is 1. The number of nitrogens with one attached hydrogen (secondary N) is 5. The fourth-order valence-corrected chi connectivity index (χ4v) is 5.88. The number of rotatable bonds is 27. The molecule has 16 nitrogen and oxygen atoms in total. The molecular formula is C39H68N8O8. The second-order valence-corrected chi connectivity index (χ2v) is 14.9. The number of amides is 5. The average Bonchev–Trinajstić information content (AvgIpc) is 3.14. The van der Waals surface area contributed by atoms with Gasteiger partial charge in [0.05, 0.1) is 6.04 Å². The molecule has 1 rings (SSSR count). The zero-order valence-corrected chi connectivity index (χ0v) is 33.6. The van der Waals surface area contributed by atoms with Crippen molar-refractivity contribution in [3.8, 4) is 5.75 Å². The van der Waals surface area contributed by atoms with Crippen molar-refractivity contribution in [2.45, 2.75) is 142 Å². The first-order valence-corrected chi connectivity index (χ1v) is 19.7. The van der Waals surface area contributed by atoms with E-state index in [4.69, 9.17) is 17.2 Å². The Balaban J connectivity index is 3.40. The SMILES string of the molecule is CC[C@H](C)[C@H](NC(=O)[C@H](Cc1ccc(O)cc1)NC(=O)[C@H](CC(C)C)NC(=O)[C@@H](NC(=O)[C@@H](N)CCCCN)[C@@H](C)CC)C(=O)N[C@@H](CCCCN)C(=O)O. The molecule has 16 heteroatoms. The lowest BCUT2D eigenvalue weighted by Gasteiger charge is -2.30. The molecule has 8 atom stereocenters. The van der Waals surface area contributed by atoms with E-state index in [1.807, 2.05) is 34.6 Å². The Bertz CT molecular complexity index is 1360. The molecule has 0 heterocycles. The third-order valence-electron chi connectivity index (χ3n) is 9.80. The number of unbranched alkanes of at least 4 members (excludes halogenated alkanes) is 2. The van der Waals surface area contributed by atoms with Gasteiger partial charge in [-0.25, -0.2) is 4.79 Å². The van der Waals surface area contributed by atoms with E-state index < -0.39 is 77.7 Å². The summed E-state index contributed by atoms with van der Waals surface area (Å²) >= 11 is 0. The van der Waals surface area contributed by atoms with Gasteiger partial charge < -0.3 is 54.0 Å². The minimum absolute atomic E-state index is 0.000850. The van der Waals surface area contributed by atoms with Gasteiger partial charge in [0.25, 0.3) is 0 Å². The van der Waals surface area contributed by atoms with E-state index in [-0.39, 0.29) is 36.8 Å². The summed E-state index contributed by atoms with van der Waals surface area (Å²) in [6.45, 7) is 11.8. The number of phenols is 1. The predicted octanol–water partition coefficient (Wildman–Crippen LogP) is 1.17. The molecule has 0 aromatic heterocycles. The number of carbonyl (C=O) groups excluding carboxylic acids is 5. The Morgan fingerprint density at radius 2 is 1.07 bits per heavy atom. The summed E-state index contributed by atoms with van der Waals surface area (Å²) in [4.78, 5) is 80.4. The smallest absolute Gasteiger partial charge is 0.326 e. The quantitative estimate of drug-likeness (QED) is 0.0566. The Labute approximate surface area is 326 Å². The fraction of sp³-hybridized carbons (Fsp3) is 0.692. The number of phenolic OH excluding ortho intramolecular Hbond substituents is 1. The van der Waals surface area contributed by atoms with Crippen LogP contribution in [-0.2, 0) is 35.2 Å². The number of carboxylic acids is 1. The zero-order valence-electron chi connectivity index (χ0n) is 33.6. The molecule has 312 valence electrons. The second-order valence-electron chi connectivity index (χ2n) is 14.9. The number of hydrogen-bond donors (Lipinski definition) is 10. The number of aromatic hydroxyl groups is 1. The molecule has 0 aliphatic carbocycles. The highest BCUT2D eigenvalue weighted by molar-refractivity contribution is 5.96. The van der Waals surface area contributed by atoms with Crippen LogP contribution < -0.4 is 43.8 Å². The van der Waals surface area contributed by atoms with Crippen molar-refractivity contribution in [3.05, 3.63) is 29.8 Å². The second kappa shape index (κ2) is 25.7. The molecule has 0 unspecified atom stereocenters. The minimum atomic E-state index is -1.25. The van der Waals surface area contributed by atoms with Gasteiger partial charge in [-0.05, 0) is 87.1 Å². The monoisotopic (exact) mass is 777 g/mol. The van der Waals surface area contributed by atoms with Gasteiger partial charge in [0.2, 0.25) is 29.5 Å². The van der Waals surface area contributed by atoms with Crippen molar-refractivity contribution in [1.82, 2.24) is 26.6 Å². The maximum absolute atomic E-state index is 14.1. The van der Waals surface area contributed by atoms with E-state index in [0.29, 0.717) is 63.6 Å². The molecular weight excluding hydrogens is 708 g/mol. The van der Waals surface area contributed by atoms with Crippen molar-refractivity contribution < 1.29 is 39.0 Å². The summed E-state index contributed by atoms with van der Waals surface area (Å²) in [7, 11) is 0. The van der Waals surface area contributed by atoms with Crippen molar-refractivity contribution in [3.63, 3.8) is 0 Å². The highest BCUT2D eigenvalue weighted by Gasteiger charge is 2.35. The molecule has 0 bridgehead atoms. The summed E-state index contributed by atoms with van der Waals surface area (Å²) in [6.07, 6.45) is 4.15. The van der Waals surface area contributed by atoms with Crippen molar-refractivity contribution in [2.24, 2.45) is 35.0 Å². The molecule has 13 N–H and O–H groups in total. The largest absolute Gasteiger partial charge is 0.508 e. The van der Waals surface area contributed by atoms with Crippen LogP contribution in [0.4, 0.5) is 0 Å². The number of carboxylic acid groups (broad SMARTS) is 1. The van der Waals surface area contributed by atoms with E-state index in [9.17, 15) is 39.0 Å². The van der Waals surface area contributed by atoms with Gasteiger partial charge >= 0.3 is 5.97 Å². The molecule has 55 heavy (non-hydrogen) atoms. The highest BCUT2D eigenvalue weighted by atomic mass is 16.4. The molecule has 0 aliphatic rings. The molecule has 0 radical (unpaired) electrons. The van der Waals surface area contributed by atoms with Crippen LogP contribution in [0.3, 0.4) is 0 Å². The lowest BCUT2D eigenvalue weighted by Crippen LogP contribution is -2.61. The highest BCUT2D eigenvalue weighted by Crippen LogP contribution is 2.16. The van der Waals surface area contributed by atoms with E-state index >= 15 is 0 Å². The summed E-state index contributed by atoms with van der Waals surface area (Å²) in [5, 5.41) is 33.2. The average molecular weight is 777 g/mol. The van der Waals surface area contributed by atoms with Gasteiger partial charge in [0, 0.05) is 6.42 Å². The maximum Gasteiger partial charge on any atom is 0.326 e. The van der Waals surface area contributed by atoms with Crippen molar-refractivity contribution >= 4 is 35.5 Å². The molecule has 1 aromatic rings. The number of carbonyl (C=O) groups is 6. The first-order valence-electron chi connectivity index (χ1n) is 19.7. The van der Waals surface area contributed by atoms with Gasteiger partial charge in [-0.3, -0.25) is 24.0 Å². The van der Waals surface area contributed by atoms with E-state index in [1.54, 1.807) is 19.1 Å². The normalized spacial score (nSPS) is 15.7. The summed E-state index contributed by atoms with van der Waals surface area (Å²) in [5.74, 6) is -5.12. The molecule has 0 fully saturated rings. The third-order valence-corrected chi connectivity index (χ3v) is 9.80. The molecule has 0 aliphatic heterocycles. The van der Waals surface area contributed by atoms with Gasteiger partial charge in [-0.1, -0.05) is 72.9 Å². The number of aliphatic carboxylic acids is 1. The standard InChI is InChI=1S/C39H68N8O8/c1-7-24(5)32(46-34(49)28(42)13-9-11-19-40)38(53)45-30(21-23(3)4)35(50)44-31(22-26-15-17-27(48)18-16-26)36(51)47-33(25(6)8-2)37(52)43-29(39(54)55)14-10-12-20-41/h15-18,23-25,28-33,48H,7-14,19-22,40-42H2,1-6H3,(H,43,52)(H,44,50)(H,45,53)(H,46,49)(H,47,51)(H,54,55)/t24-,25-,28-,29-,30-,31-,32-,33-/m0/s1. The lowest BCUT2D eigenvalue weighted by atomic mass is 9.95. The number of nitrogens with two attached hydrogens (primary N) is 3. The molecule has 0 spiro atoms. The van der Waals surface area contributed by atoms with Gasteiger partial charge in [-0.2, -0.15) is 0 Å². The lowest BCUT2D eigenvalue weighted by molar-refractivity contribution is -0.143. The van der Waals surface area contributed by atoms with Crippen LogP contribution in [0.25, 0.3) is 0 Å². The fourth-order valence-electron chi connectivity index (χ4n) is 5.88. The molecule has 1 aromatic carbocycles.